The van der Waals surface area contributed by atoms with E-state index in [2.05, 4.69) is 10.6 Å². The van der Waals surface area contributed by atoms with Gasteiger partial charge in [-0.05, 0) is 37.0 Å². The summed E-state index contributed by atoms with van der Waals surface area (Å²) >= 11 is 0. The molecule has 1 aliphatic heterocycles. The van der Waals surface area contributed by atoms with Crippen molar-refractivity contribution in [3.8, 4) is 0 Å². The molecule has 1 atom stereocenters. The minimum Gasteiger partial charge on any atom is -0.334 e. The number of anilines is 1. The van der Waals surface area contributed by atoms with Crippen LogP contribution in [0.1, 0.15) is 24.0 Å². The zero-order valence-corrected chi connectivity index (χ0v) is 15.1. The van der Waals surface area contributed by atoms with Crippen molar-refractivity contribution in [1.29, 1.82) is 0 Å². The molecule has 5 heteroatoms. The monoisotopic (exact) mass is 351 g/mol. The molecule has 0 saturated carbocycles. The molecule has 1 heterocycles. The van der Waals surface area contributed by atoms with Crippen LogP contribution in [0.2, 0.25) is 0 Å². The van der Waals surface area contributed by atoms with E-state index >= 15 is 0 Å². The zero-order valence-electron chi connectivity index (χ0n) is 15.1. The number of carbonyl (C=O) groups is 2. The molecule has 136 valence electrons. The van der Waals surface area contributed by atoms with Gasteiger partial charge in [-0.1, -0.05) is 48.5 Å². The van der Waals surface area contributed by atoms with Gasteiger partial charge in [0.25, 0.3) is 0 Å². The number of carbonyl (C=O) groups excluding carboxylic acids is 2. The predicted molar refractivity (Wildman–Crippen MR) is 103 cm³/mol. The Morgan fingerprint density at radius 1 is 1.08 bits per heavy atom. The van der Waals surface area contributed by atoms with Crippen molar-refractivity contribution >= 4 is 17.6 Å². The fraction of sp³-hybridized carbons (Fsp3) is 0.333. The quantitative estimate of drug-likeness (QED) is 0.885. The van der Waals surface area contributed by atoms with E-state index in [0.717, 1.165) is 29.7 Å². The number of rotatable bonds is 4. The number of para-hydroxylation sites is 1. The number of hydrogen-bond acceptors (Lipinski definition) is 2. The number of nitrogens with zero attached hydrogens (tertiary/aromatic N) is 1. The van der Waals surface area contributed by atoms with Gasteiger partial charge in [-0.3, -0.25) is 4.79 Å². The van der Waals surface area contributed by atoms with Gasteiger partial charge >= 0.3 is 6.03 Å². The molecule has 0 aliphatic carbocycles. The summed E-state index contributed by atoms with van der Waals surface area (Å²) in [5.74, 6) is -0.189. The van der Waals surface area contributed by atoms with Crippen molar-refractivity contribution in [3.05, 3.63) is 65.7 Å². The molecule has 0 radical (unpaired) electrons. The van der Waals surface area contributed by atoms with Crippen LogP contribution in [0, 0.1) is 12.8 Å². The summed E-state index contributed by atoms with van der Waals surface area (Å²) in [6, 6.07) is 17.4. The Bertz CT molecular complexity index is 761. The molecule has 2 aromatic carbocycles. The molecule has 2 N–H and O–H groups in total. The van der Waals surface area contributed by atoms with Crippen LogP contribution in [-0.4, -0.2) is 29.9 Å². The maximum atomic E-state index is 12.6. The number of amides is 3. The third kappa shape index (κ3) is 4.63. The Morgan fingerprint density at radius 2 is 1.81 bits per heavy atom. The van der Waals surface area contributed by atoms with Crippen LogP contribution in [0.3, 0.4) is 0 Å². The Balaban J connectivity index is 1.54. The molecule has 3 rings (SSSR count). The Morgan fingerprint density at radius 3 is 2.58 bits per heavy atom. The molecule has 0 spiro atoms. The van der Waals surface area contributed by atoms with Crippen molar-refractivity contribution in [1.82, 2.24) is 10.2 Å². The fourth-order valence-electron chi connectivity index (χ4n) is 3.21. The summed E-state index contributed by atoms with van der Waals surface area (Å²) in [5.41, 5.74) is 2.93. The molecule has 26 heavy (non-hydrogen) atoms. The van der Waals surface area contributed by atoms with Crippen LogP contribution < -0.4 is 10.6 Å². The Hall–Kier alpha value is -2.82. The van der Waals surface area contributed by atoms with Crippen LogP contribution in [-0.2, 0) is 11.3 Å². The van der Waals surface area contributed by atoms with Crippen molar-refractivity contribution in [2.75, 3.05) is 18.4 Å². The van der Waals surface area contributed by atoms with E-state index in [-0.39, 0.29) is 17.9 Å². The molecule has 0 aromatic heterocycles. The van der Waals surface area contributed by atoms with E-state index in [1.54, 1.807) is 4.90 Å². The number of benzene rings is 2. The van der Waals surface area contributed by atoms with Crippen LogP contribution in [0.4, 0.5) is 10.5 Å². The molecule has 0 bridgehead atoms. The summed E-state index contributed by atoms with van der Waals surface area (Å²) in [4.78, 5) is 26.8. The normalized spacial score (nSPS) is 16.8. The highest BCUT2D eigenvalue weighted by Crippen LogP contribution is 2.20. The SMILES string of the molecule is Cc1ccccc1NC(=O)[C@@H]1CCCN(C(=O)NCc2ccccc2)C1. The fourth-order valence-corrected chi connectivity index (χ4v) is 3.21. The number of nitrogens with one attached hydrogen (secondary N) is 2. The maximum absolute atomic E-state index is 12.6. The topological polar surface area (TPSA) is 61.4 Å². The number of likely N-dealkylation sites (tertiary alicyclic amines) is 1. The Kier molecular flexibility index (Phi) is 5.89. The molecule has 2 aromatic rings. The summed E-state index contributed by atoms with van der Waals surface area (Å²) in [6.45, 7) is 3.61. The molecule has 1 fully saturated rings. The lowest BCUT2D eigenvalue weighted by Crippen LogP contribution is -2.47. The molecule has 1 aliphatic rings. The summed E-state index contributed by atoms with van der Waals surface area (Å²) in [7, 11) is 0. The van der Waals surface area contributed by atoms with Gasteiger partial charge in [0.1, 0.15) is 0 Å². The standard InChI is InChI=1S/C21H25N3O2/c1-16-8-5-6-12-19(16)23-20(25)18-11-7-13-24(15-18)21(26)22-14-17-9-3-2-4-10-17/h2-6,8-10,12,18H,7,11,13-15H2,1H3,(H,22,26)(H,23,25)/t18-/m1/s1. The third-order valence-corrected chi connectivity index (χ3v) is 4.77. The lowest BCUT2D eigenvalue weighted by molar-refractivity contribution is -0.121. The highest BCUT2D eigenvalue weighted by molar-refractivity contribution is 5.93. The average molecular weight is 351 g/mol. The first-order valence-electron chi connectivity index (χ1n) is 9.06. The minimum atomic E-state index is -0.175. The molecule has 3 amide bonds. The molecular weight excluding hydrogens is 326 g/mol. The number of aryl methyl sites for hydroxylation is 1. The second-order valence-corrected chi connectivity index (χ2v) is 6.73. The van der Waals surface area contributed by atoms with Crippen LogP contribution in [0.5, 0.6) is 0 Å². The number of hydrogen-bond donors (Lipinski definition) is 2. The molecule has 0 unspecified atom stereocenters. The van der Waals surface area contributed by atoms with Crippen molar-refractivity contribution in [2.24, 2.45) is 5.92 Å². The number of urea groups is 1. The summed E-state index contributed by atoms with van der Waals surface area (Å²) in [6.07, 6.45) is 1.64. The first kappa shape index (κ1) is 18.0. The van der Waals surface area contributed by atoms with E-state index in [1.807, 2.05) is 61.5 Å². The highest BCUT2D eigenvalue weighted by atomic mass is 16.2. The minimum absolute atomic E-state index is 0.0140. The van der Waals surface area contributed by atoms with E-state index in [1.165, 1.54) is 0 Å². The molecule has 5 nitrogen and oxygen atoms in total. The van der Waals surface area contributed by atoms with Gasteiger partial charge in [-0.2, -0.15) is 0 Å². The van der Waals surface area contributed by atoms with E-state index in [9.17, 15) is 9.59 Å². The van der Waals surface area contributed by atoms with E-state index in [0.29, 0.717) is 19.6 Å². The van der Waals surface area contributed by atoms with Crippen LogP contribution in [0.25, 0.3) is 0 Å². The van der Waals surface area contributed by atoms with Crippen molar-refractivity contribution in [2.45, 2.75) is 26.3 Å². The highest BCUT2D eigenvalue weighted by Gasteiger charge is 2.28. The summed E-state index contributed by atoms with van der Waals surface area (Å²) < 4.78 is 0. The molecule has 1 saturated heterocycles. The van der Waals surface area contributed by atoms with Gasteiger partial charge in [0, 0.05) is 25.3 Å². The predicted octanol–water partition coefficient (Wildman–Crippen LogP) is 3.56. The Labute approximate surface area is 154 Å². The smallest absolute Gasteiger partial charge is 0.317 e. The van der Waals surface area contributed by atoms with Gasteiger partial charge in [0.15, 0.2) is 0 Å². The van der Waals surface area contributed by atoms with Gasteiger partial charge in [0.05, 0.1) is 5.92 Å². The van der Waals surface area contributed by atoms with E-state index in [4.69, 9.17) is 0 Å². The first-order valence-corrected chi connectivity index (χ1v) is 9.06. The average Bonchev–Trinajstić information content (AvgIpc) is 2.69. The number of piperidine rings is 1. The summed E-state index contributed by atoms with van der Waals surface area (Å²) in [5, 5.41) is 5.94. The second kappa shape index (κ2) is 8.52. The third-order valence-electron chi connectivity index (χ3n) is 4.77. The van der Waals surface area contributed by atoms with Crippen LogP contribution in [0.15, 0.2) is 54.6 Å². The second-order valence-electron chi connectivity index (χ2n) is 6.73. The van der Waals surface area contributed by atoms with Gasteiger partial charge in [0.2, 0.25) is 5.91 Å². The lowest BCUT2D eigenvalue weighted by Gasteiger charge is -2.32. The van der Waals surface area contributed by atoms with Crippen LogP contribution >= 0.6 is 0 Å². The van der Waals surface area contributed by atoms with Gasteiger partial charge in [-0.25, -0.2) is 4.79 Å². The van der Waals surface area contributed by atoms with Crippen molar-refractivity contribution < 1.29 is 9.59 Å². The first-order chi connectivity index (χ1) is 12.6. The van der Waals surface area contributed by atoms with Gasteiger partial charge in [-0.15, -0.1) is 0 Å². The zero-order chi connectivity index (χ0) is 18.4. The lowest BCUT2D eigenvalue weighted by atomic mass is 9.97. The van der Waals surface area contributed by atoms with Crippen molar-refractivity contribution in [3.63, 3.8) is 0 Å². The van der Waals surface area contributed by atoms with Gasteiger partial charge < -0.3 is 15.5 Å². The van der Waals surface area contributed by atoms with E-state index < -0.39 is 0 Å². The molecular formula is C21H25N3O2. The largest absolute Gasteiger partial charge is 0.334 e. The maximum Gasteiger partial charge on any atom is 0.317 e.